The predicted molar refractivity (Wildman–Crippen MR) is 70.2 cm³/mol. The van der Waals surface area contributed by atoms with Crippen LogP contribution in [0.2, 0.25) is 0 Å². The summed E-state index contributed by atoms with van der Waals surface area (Å²) >= 11 is 0. The standard InChI is InChI=1S/C14H21F3N2/c1-4-19(8-9(2)3)14(7-18)10-5-12(16)13(17)6-11(10)15/h5-6,9,14H,4,7-8,18H2,1-3H3. The maximum absolute atomic E-state index is 13.8. The van der Waals surface area contributed by atoms with Crippen molar-refractivity contribution in [3.8, 4) is 0 Å². The van der Waals surface area contributed by atoms with Gasteiger partial charge in [0, 0.05) is 24.7 Å². The highest BCUT2D eigenvalue weighted by Gasteiger charge is 2.23. The van der Waals surface area contributed by atoms with Gasteiger partial charge < -0.3 is 5.73 Å². The van der Waals surface area contributed by atoms with Gasteiger partial charge in [0.1, 0.15) is 5.82 Å². The molecule has 2 nitrogen and oxygen atoms in total. The van der Waals surface area contributed by atoms with E-state index in [1.807, 2.05) is 25.7 Å². The summed E-state index contributed by atoms with van der Waals surface area (Å²) < 4.78 is 40.1. The van der Waals surface area contributed by atoms with Gasteiger partial charge in [0.25, 0.3) is 0 Å². The fourth-order valence-corrected chi connectivity index (χ4v) is 2.21. The number of benzene rings is 1. The zero-order valence-electron chi connectivity index (χ0n) is 11.6. The van der Waals surface area contributed by atoms with E-state index in [1.54, 1.807) is 0 Å². The highest BCUT2D eigenvalue weighted by Crippen LogP contribution is 2.25. The van der Waals surface area contributed by atoms with E-state index in [1.165, 1.54) is 0 Å². The normalized spacial score (nSPS) is 13.3. The Hall–Kier alpha value is -1.07. The van der Waals surface area contributed by atoms with Crippen molar-refractivity contribution in [3.05, 3.63) is 35.1 Å². The average Bonchev–Trinajstić information content (AvgIpc) is 2.34. The summed E-state index contributed by atoms with van der Waals surface area (Å²) in [7, 11) is 0. The first-order valence-electron chi connectivity index (χ1n) is 6.49. The van der Waals surface area contributed by atoms with E-state index >= 15 is 0 Å². The van der Waals surface area contributed by atoms with E-state index < -0.39 is 23.5 Å². The fraction of sp³-hybridized carbons (Fsp3) is 0.571. The second kappa shape index (κ2) is 6.91. The average molecular weight is 274 g/mol. The summed E-state index contributed by atoms with van der Waals surface area (Å²) in [6, 6.07) is 1.05. The van der Waals surface area contributed by atoms with E-state index in [4.69, 9.17) is 5.73 Å². The molecule has 0 radical (unpaired) electrons. The Labute approximate surface area is 112 Å². The van der Waals surface area contributed by atoms with E-state index in [0.29, 0.717) is 18.5 Å². The van der Waals surface area contributed by atoms with Crippen molar-refractivity contribution >= 4 is 0 Å². The molecule has 0 amide bonds. The van der Waals surface area contributed by atoms with Crippen molar-refractivity contribution in [3.63, 3.8) is 0 Å². The van der Waals surface area contributed by atoms with E-state index in [9.17, 15) is 13.2 Å². The van der Waals surface area contributed by atoms with Crippen molar-refractivity contribution in [2.45, 2.75) is 26.8 Å². The number of likely N-dealkylation sites (N-methyl/N-ethyl adjacent to an activating group) is 1. The first-order valence-corrected chi connectivity index (χ1v) is 6.49. The van der Waals surface area contributed by atoms with Gasteiger partial charge in [0.2, 0.25) is 0 Å². The summed E-state index contributed by atoms with van der Waals surface area (Å²) in [6.45, 7) is 7.55. The molecule has 1 aromatic carbocycles. The number of hydrogen-bond acceptors (Lipinski definition) is 2. The van der Waals surface area contributed by atoms with Crippen LogP contribution in [0.1, 0.15) is 32.4 Å². The van der Waals surface area contributed by atoms with Gasteiger partial charge in [0.15, 0.2) is 11.6 Å². The third-order valence-corrected chi connectivity index (χ3v) is 3.07. The Bertz CT molecular complexity index is 421. The summed E-state index contributed by atoms with van der Waals surface area (Å²) in [4.78, 5) is 1.97. The minimum absolute atomic E-state index is 0.115. The Morgan fingerprint density at radius 1 is 1.11 bits per heavy atom. The molecule has 1 rings (SSSR count). The number of halogens is 3. The Morgan fingerprint density at radius 2 is 1.68 bits per heavy atom. The lowest BCUT2D eigenvalue weighted by Gasteiger charge is -2.31. The van der Waals surface area contributed by atoms with E-state index in [0.717, 1.165) is 12.6 Å². The first-order chi connectivity index (χ1) is 8.90. The zero-order valence-corrected chi connectivity index (χ0v) is 11.6. The Kier molecular flexibility index (Phi) is 5.82. The van der Waals surface area contributed by atoms with Gasteiger partial charge in [0.05, 0.1) is 6.04 Å². The summed E-state index contributed by atoms with van der Waals surface area (Å²) in [5, 5.41) is 0. The van der Waals surface area contributed by atoms with Crippen LogP contribution in [0.15, 0.2) is 12.1 Å². The molecular formula is C14H21F3N2. The molecule has 2 N–H and O–H groups in total. The SMILES string of the molecule is CCN(CC(C)C)C(CN)c1cc(F)c(F)cc1F. The summed E-state index contributed by atoms with van der Waals surface area (Å²) in [5.74, 6) is -2.60. The second-order valence-corrected chi connectivity index (χ2v) is 5.02. The van der Waals surface area contributed by atoms with Gasteiger partial charge in [-0.3, -0.25) is 4.90 Å². The predicted octanol–water partition coefficient (Wildman–Crippen LogP) is 3.08. The molecule has 0 aromatic heterocycles. The molecule has 0 aliphatic carbocycles. The molecule has 1 aromatic rings. The molecule has 0 heterocycles. The molecule has 0 aliphatic rings. The van der Waals surface area contributed by atoms with Gasteiger partial charge >= 0.3 is 0 Å². The van der Waals surface area contributed by atoms with Crippen LogP contribution in [0.4, 0.5) is 13.2 Å². The molecule has 1 atom stereocenters. The summed E-state index contributed by atoms with van der Waals surface area (Å²) in [6.07, 6.45) is 0. The van der Waals surface area contributed by atoms with Crippen molar-refractivity contribution < 1.29 is 13.2 Å². The topological polar surface area (TPSA) is 29.3 Å². The maximum Gasteiger partial charge on any atom is 0.161 e. The highest BCUT2D eigenvalue weighted by atomic mass is 19.2. The maximum atomic E-state index is 13.8. The molecule has 0 saturated carbocycles. The molecule has 108 valence electrons. The summed E-state index contributed by atoms with van der Waals surface area (Å²) in [5.41, 5.74) is 5.80. The zero-order chi connectivity index (χ0) is 14.6. The van der Waals surface area contributed by atoms with Gasteiger partial charge in [-0.25, -0.2) is 13.2 Å². The van der Waals surface area contributed by atoms with Gasteiger partial charge in [-0.15, -0.1) is 0 Å². The van der Waals surface area contributed by atoms with E-state index in [2.05, 4.69) is 0 Å². The van der Waals surface area contributed by atoms with Crippen LogP contribution in [-0.4, -0.2) is 24.5 Å². The second-order valence-electron chi connectivity index (χ2n) is 5.02. The van der Waals surface area contributed by atoms with Crippen LogP contribution in [0.3, 0.4) is 0 Å². The highest BCUT2D eigenvalue weighted by molar-refractivity contribution is 5.24. The van der Waals surface area contributed by atoms with Gasteiger partial charge in [-0.2, -0.15) is 0 Å². The third kappa shape index (κ3) is 3.94. The van der Waals surface area contributed by atoms with Crippen molar-refractivity contribution in [2.75, 3.05) is 19.6 Å². The molecule has 1 unspecified atom stereocenters. The minimum atomic E-state index is -1.18. The molecule has 0 saturated heterocycles. The third-order valence-electron chi connectivity index (χ3n) is 3.07. The number of nitrogens with zero attached hydrogens (tertiary/aromatic N) is 1. The largest absolute Gasteiger partial charge is 0.329 e. The quantitative estimate of drug-likeness (QED) is 0.808. The van der Waals surface area contributed by atoms with Crippen molar-refractivity contribution in [1.29, 1.82) is 0 Å². The van der Waals surface area contributed by atoms with Crippen LogP contribution in [0.25, 0.3) is 0 Å². The Morgan fingerprint density at radius 3 is 2.16 bits per heavy atom. The van der Waals surface area contributed by atoms with Gasteiger partial charge in [-0.05, 0) is 18.5 Å². The molecule has 0 spiro atoms. The van der Waals surface area contributed by atoms with Gasteiger partial charge in [-0.1, -0.05) is 20.8 Å². The first kappa shape index (κ1) is 16.0. The monoisotopic (exact) mass is 274 g/mol. The van der Waals surface area contributed by atoms with Crippen LogP contribution < -0.4 is 5.73 Å². The molecule has 0 aliphatic heterocycles. The van der Waals surface area contributed by atoms with Crippen LogP contribution >= 0.6 is 0 Å². The van der Waals surface area contributed by atoms with Crippen molar-refractivity contribution in [1.82, 2.24) is 4.90 Å². The van der Waals surface area contributed by atoms with E-state index in [-0.39, 0.29) is 12.1 Å². The molecule has 0 fully saturated rings. The van der Waals surface area contributed by atoms with Crippen LogP contribution in [-0.2, 0) is 0 Å². The Balaban J connectivity index is 3.11. The molecular weight excluding hydrogens is 253 g/mol. The lowest BCUT2D eigenvalue weighted by atomic mass is 10.0. The number of hydrogen-bond donors (Lipinski definition) is 1. The smallest absolute Gasteiger partial charge is 0.161 e. The molecule has 19 heavy (non-hydrogen) atoms. The number of nitrogens with two attached hydrogens (primary N) is 1. The number of rotatable bonds is 6. The lowest BCUT2D eigenvalue weighted by molar-refractivity contribution is 0.185. The van der Waals surface area contributed by atoms with Crippen molar-refractivity contribution in [2.24, 2.45) is 11.7 Å². The molecule has 5 heteroatoms. The lowest BCUT2D eigenvalue weighted by Crippen LogP contribution is -2.36. The fourth-order valence-electron chi connectivity index (χ4n) is 2.21. The van der Waals surface area contributed by atoms with Crippen LogP contribution in [0.5, 0.6) is 0 Å². The molecule has 0 bridgehead atoms. The van der Waals surface area contributed by atoms with Crippen LogP contribution in [0, 0.1) is 23.4 Å². The minimum Gasteiger partial charge on any atom is -0.329 e.